The molecule has 0 aliphatic heterocycles. The summed E-state index contributed by atoms with van der Waals surface area (Å²) >= 11 is 4.61. The monoisotopic (exact) mass is 169 g/mol. The van der Waals surface area contributed by atoms with Crippen molar-refractivity contribution in [3.05, 3.63) is 24.0 Å². The molecule has 0 atom stereocenters. The van der Waals surface area contributed by atoms with Gasteiger partial charge in [-0.15, -0.1) is 0 Å². The molecule has 0 spiro atoms. The van der Waals surface area contributed by atoms with Crippen LogP contribution in [0.3, 0.4) is 0 Å². The first-order valence-corrected chi connectivity index (χ1v) is 3.49. The zero-order valence-corrected chi connectivity index (χ0v) is 6.52. The van der Waals surface area contributed by atoms with E-state index in [2.05, 4.69) is 17.2 Å². The molecular formula is C7H7NO2S. The maximum Gasteiger partial charge on any atom is 0.342 e. The molecule has 0 saturated heterocycles. The van der Waals surface area contributed by atoms with E-state index >= 15 is 0 Å². The van der Waals surface area contributed by atoms with E-state index in [0.29, 0.717) is 6.42 Å². The first-order valence-electron chi connectivity index (χ1n) is 3.08. The molecule has 0 saturated carbocycles. The lowest BCUT2D eigenvalue weighted by Crippen LogP contribution is -2.12. The Morgan fingerprint density at radius 1 is 1.73 bits per heavy atom. The molecule has 1 rings (SSSR count). The largest absolute Gasteiger partial charge is 0.477 e. The standard InChI is InChI=1S/C7H7NO2S/c9-7(10)6(11)4-5-2-1-3-8-5/h1-3,8H,4H2,(H,9,10). The summed E-state index contributed by atoms with van der Waals surface area (Å²) in [6, 6.07) is 3.61. The predicted octanol–water partition coefficient (Wildman–Crippen LogP) is 1.01. The van der Waals surface area contributed by atoms with Crippen molar-refractivity contribution in [3.8, 4) is 0 Å². The Morgan fingerprint density at radius 3 is 2.91 bits per heavy atom. The maximum absolute atomic E-state index is 10.3. The molecule has 3 nitrogen and oxygen atoms in total. The molecule has 1 aromatic heterocycles. The fraction of sp³-hybridized carbons (Fsp3) is 0.143. The smallest absolute Gasteiger partial charge is 0.342 e. The lowest BCUT2D eigenvalue weighted by molar-refractivity contribution is -0.129. The third-order valence-electron chi connectivity index (χ3n) is 1.25. The van der Waals surface area contributed by atoms with Crippen molar-refractivity contribution in [1.82, 2.24) is 4.98 Å². The van der Waals surface area contributed by atoms with E-state index in [4.69, 9.17) is 5.11 Å². The van der Waals surface area contributed by atoms with Crippen molar-refractivity contribution in [3.63, 3.8) is 0 Å². The fourth-order valence-electron chi connectivity index (χ4n) is 0.726. The second-order valence-corrected chi connectivity index (χ2v) is 2.59. The van der Waals surface area contributed by atoms with Gasteiger partial charge in [-0.3, -0.25) is 0 Å². The Morgan fingerprint density at radius 2 is 2.45 bits per heavy atom. The SMILES string of the molecule is O=C(O)C(=S)Cc1ccc[nH]1. The number of hydrogen-bond acceptors (Lipinski definition) is 2. The second-order valence-electron chi connectivity index (χ2n) is 2.10. The Labute approximate surface area is 69.0 Å². The normalized spacial score (nSPS) is 9.45. The van der Waals surface area contributed by atoms with Crippen LogP contribution in [0.15, 0.2) is 18.3 Å². The average Bonchev–Trinajstić information content (AvgIpc) is 2.39. The molecule has 2 N–H and O–H groups in total. The second kappa shape index (κ2) is 3.30. The number of aromatic nitrogens is 1. The summed E-state index contributed by atoms with van der Waals surface area (Å²) in [5.74, 6) is -1.02. The molecule has 58 valence electrons. The molecule has 1 heterocycles. The lowest BCUT2D eigenvalue weighted by Gasteiger charge is -1.93. The van der Waals surface area contributed by atoms with Gasteiger partial charge in [0.05, 0.1) is 0 Å². The highest BCUT2D eigenvalue weighted by Crippen LogP contribution is 1.97. The van der Waals surface area contributed by atoms with Crippen LogP contribution in [-0.4, -0.2) is 20.9 Å². The molecule has 4 heteroatoms. The number of thiocarbonyl (C=S) groups is 1. The van der Waals surface area contributed by atoms with Crippen LogP contribution in [0.2, 0.25) is 0 Å². The van der Waals surface area contributed by atoms with Crippen LogP contribution in [0.25, 0.3) is 0 Å². The van der Waals surface area contributed by atoms with Crippen LogP contribution in [-0.2, 0) is 11.2 Å². The summed E-state index contributed by atoms with van der Waals surface area (Å²) in [6.07, 6.45) is 2.04. The number of aliphatic carboxylic acids is 1. The van der Waals surface area contributed by atoms with Crippen LogP contribution < -0.4 is 0 Å². The van der Waals surface area contributed by atoms with Gasteiger partial charge in [-0.1, -0.05) is 12.2 Å². The molecule has 1 aromatic rings. The van der Waals surface area contributed by atoms with Gasteiger partial charge in [-0.25, -0.2) is 4.79 Å². The zero-order valence-electron chi connectivity index (χ0n) is 5.70. The van der Waals surface area contributed by atoms with E-state index in [1.807, 2.05) is 0 Å². The summed E-state index contributed by atoms with van der Waals surface area (Å²) in [5, 5.41) is 8.43. The number of carboxylic acid groups (broad SMARTS) is 1. The van der Waals surface area contributed by atoms with Gasteiger partial charge in [0.1, 0.15) is 4.86 Å². The van der Waals surface area contributed by atoms with Crippen molar-refractivity contribution >= 4 is 23.1 Å². The van der Waals surface area contributed by atoms with Crippen molar-refractivity contribution in [2.75, 3.05) is 0 Å². The molecule has 11 heavy (non-hydrogen) atoms. The van der Waals surface area contributed by atoms with Crippen LogP contribution in [0.4, 0.5) is 0 Å². The van der Waals surface area contributed by atoms with Crippen molar-refractivity contribution in [1.29, 1.82) is 0 Å². The van der Waals surface area contributed by atoms with Crippen LogP contribution in [0.5, 0.6) is 0 Å². The number of carboxylic acids is 1. The van der Waals surface area contributed by atoms with Gasteiger partial charge >= 0.3 is 5.97 Å². The van der Waals surface area contributed by atoms with Crippen LogP contribution >= 0.6 is 12.2 Å². The van der Waals surface area contributed by atoms with Gasteiger partial charge in [0.25, 0.3) is 0 Å². The Bertz CT molecular complexity index is 266. The number of hydrogen-bond donors (Lipinski definition) is 2. The minimum atomic E-state index is -1.02. The molecule has 0 fully saturated rings. The van der Waals surface area contributed by atoms with Gasteiger partial charge in [-0.05, 0) is 12.1 Å². The number of nitrogens with one attached hydrogen (secondary N) is 1. The topological polar surface area (TPSA) is 53.1 Å². The van der Waals surface area contributed by atoms with Gasteiger partial charge in [0, 0.05) is 18.3 Å². The van der Waals surface area contributed by atoms with Crippen molar-refractivity contribution < 1.29 is 9.90 Å². The van der Waals surface area contributed by atoms with Crippen molar-refractivity contribution in [2.24, 2.45) is 0 Å². The van der Waals surface area contributed by atoms with Gasteiger partial charge in [0.15, 0.2) is 0 Å². The minimum absolute atomic E-state index is 0.0347. The van der Waals surface area contributed by atoms with Gasteiger partial charge in [0.2, 0.25) is 0 Å². The molecular weight excluding hydrogens is 162 g/mol. The highest BCUT2D eigenvalue weighted by atomic mass is 32.1. The fourth-order valence-corrected chi connectivity index (χ4v) is 0.882. The predicted molar refractivity (Wildman–Crippen MR) is 44.7 cm³/mol. The molecule has 0 unspecified atom stereocenters. The zero-order chi connectivity index (χ0) is 8.27. The molecule has 0 amide bonds. The Kier molecular flexibility index (Phi) is 2.38. The highest BCUT2D eigenvalue weighted by Gasteiger charge is 2.06. The number of H-pyrrole nitrogens is 1. The number of carbonyl (C=O) groups is 1. The van der Waals surface area contributed by atoms with Gasteiger partial charge in [-0.2, -0.15) is 0 Å². The third kappa shape index (κ3) is 2.16. The van der Waals surface area contributed by atoms with E-state index in [0.717, 1.165) is 5.69 Å². The lowest BCUT2D eigenvalue weighted by atomic mass is 10.2. The average molecular weight is 169 g/mol. The van der Waals surface area contributed by atoms with E-state index in [1.165, 1.54) is 0 Å². The number of rotatable bonds is 3. The summed E-state index contributed by atoms with van der Waals surface area (Å²) in [7, 11) is 0. The van der Waals surface area contributed by atoms with Crippen LogP contribution in [0.1, 0.15) is 5.69 Å². The number of aromatic amines is 1. The van der Waals surface area contributed by atoms with E-state index in [1.54, 1.807) is 18.3 Å². The summed E-state index contributed by atoms with van der Waals surface area (Å²) < 4.78 is 0. The first kappa shape index (κ1) is 7.94. The quantitative estimate of drug-likeness (QED) is 0.664. The summed E-state index contributed by atoms with van der Waals surface area (Å²) in [5.41, 5.74) is 0.831. The minimum Gasteiger partial charge on any atom is -0.477 e. The van der Waals surface area contributed by atoms with Crippen molar-refractivity contribution in [2.45, 2.75) is 6.42 Å². The molecule has 0 bridgehead atoms. The van der Waals surface area contributed by atoms with E-state index < -0.39 is 5.97 Å². The van der Waals surface area contributed by atoms with E-state index in [9.17, 15) is 4.79 Å². The van der Waals surface area contributed by atoms with Gasteiger partial charge < -0.3 is 10.1 Å². The van der Waals surface area contributed by atoms with E-state index in [-0.39, 0.29) is 4.86 Å². The highest BCUT2D eigenvalue weighted by molar-refractivity contribution is 7.82. The third-order valence-corrected chi connectivity index (χ3v) is 1.57. The first-order chi connectivity index (χ1) is 5.20. The summed E-state index contributed by atoms with van der Waals surface area (Å²) in [4.78, 5) is 13.2. The molecule has 0 aliphatic carbocycles. The Hall–Kier alpha value is -1.16. The molecule has 0 aliphatic rings. The van der Waals surface area contributed by atoms with Crippen LogP contribution in [0, 0.1) is 0 Å². The summed E-state index contributed by atoms with van der Waals surface area (Å²) in [6.45, 7) is 0. The maximum atomic E-state index is 10.3. The molecule has 0 radical (unpaired) electrons. The Balaban J connectivity index is 2.57. The molecule has 0 aromatic carbocycles.